The van der Waals surface area contributed by atoms with Gasteiger partial charge in [0.25, 0.3) is 0 Å². The minimum Gasteiger partial charge on any atom is -0.479 e. The van der Waals surface area contributed by atoms with Crippen LogP contribution in [0.25, 0.3) is 9.88 Å². The topological polar surface area (TPSA) is 79.7 Å². The number of aliphatic carboxylic acids is 1. The lowest BCUT2D eigenvalue weighted by atomic mass is 10.2. The van der Waals surface area contributed by atoms with Gasteiger partial charge in [-0.2, -0.15) is 0 Å². The Bertz CT molecular complexity index is 668. The summed E-state index contributed by atoms with van der Waals surface area (Å²) < 4.78 is 5.12. The van der Waals surface area contributed by atoms with E-state index in [2.05, 4.69) is 4.98 Å². The molecule has 116 valence electrons. The maximum absolute atomic E-state index is 12.3. The van der Waals surface area contributed by atoms with E-state index in [1.807, 2.05) is 22.9 Å². The van der Waals surface area contributed by atoms with Crippen molar-refractivity contribution in [1.29, 1.82) is 0 Å². The summed E-state index contributed by atoms with van der Waals surface area (Å²) in [5, 5.41) is 13.7. The first-order valence-electron chi connectivity index (χ1n) is 6.74. The zero-order valence-electron chi connectivity index (χ0n) is 11.6. The Balaban J connectivity index is 1.63. The number of carboxylic acid groups (broad SMARTS) is 1. The first-order valence-corrected chi connectivity index (χ1v) is 8.50. The molecule has 1 fully saturated rings. The Morgan fingerprint density at radius 3 is 3.05 bits per heavy atom. The van der Waals surface area contributed by atoms with Gasteiger partial charge in [-0.1, -0.05) is 6.07 Å². The first kappa shape index (κ1) is 15.1. The van der Waals surface area contributed by atoms with Gasteiger partial charge in [0.1, 0.15) is 5.01 Å². The van der Waals surface area contributed by atoms with Gasteiger partial charge in [-0.3, -0.25) is 4.79 Å². The molecule has 0 aromatic carbocycles. The van der Waals surface area contributed by atoms with Gasteiger partial charge in [0.2, 0.25) is 5.91 Å². The van der Waals surface area contributed by atoms with Gasteiger partial charge in [0.15, 0.2) is 6.10 Å². The number of nitrogens with zero attached hydrogens (tertiary/aromatic N) is 2. The SMILES string of the molecule is O=C(O)C1CN(C(=O)Cc2csc(-c3cccs3)n2)CCO1. The molecule has 1 unspecified atom stereocenters. The lowest BCUT2D eigenvalue weighted by Crippen LogP contribution is -2.49. The van der Waals surface area contributed by atoms with Crippen molar-refractivity contribution in [3.63, 3.8) is 0 Å². The van der Waals surface area contributed by atoms with Gasteiger partial charge in [0.05, 0.1) is 30.1 Å². The first-order chi connectivity index (χ1) is 10.6. The van der Waals surface area contributed by atoms with Crippen LogP contribution in [0.4, 0.5) is 0 Å². The Kier molecular flexibility index (Phi) is 4.51. The van der Waals surface area contributed by atoms with Crippen LogP contribution in [0.3, 0.4) is 0 Å². The summed E-state index contributed by atoms with van der Waals surface area (Å²) in [5.74, 6) is -1.15. The highest BCUT2D eigenvalue weighted by Gasteiger charge is 2.29. The molecule has 1 saturated heterocycles. The zero-order chi connectivity index (χ0) is 15.5. The van der Waals surface area contributed by atoms with Crippen molar-refractivity contribution >= 4 is 34.6 Å². The number of carbonyl (C=O) groups is 2. The average molecular weight is 338 g/mol. The van der Waals surface area contributed by atoms with Crippen molar-refractivity contribution in [2.75, 3.05) is 19.7 Å². The smallest absolute Gasteiger partial charge is 0.334 e. The van der Waals surface area contributed by atoms with Crippen LogP contribution >= 0.6 is 22.7 Å². The second kappa shape index (κ2) is 6.55. The molecule has 1 N–H and O–H groups in total. The van der Waals surface area contributed by atoms with Crippen LogP contribution < -0.4 is 0 Å². The number of amides is 1. The van der Waals surface area contributed by atoms with Crippen LogP contribution in [0.5, 0.6) is 0 Å². The number of hydrogen-bond donors (Lipinski definition) is 1. The third-order valence-electron chi connectivity index (χ3n) is 3.31. The van der Waals surface area contributed by atoms with Crippen molar-refractivity contribution < 1.29 is 19.4 Å². The highest BCUT2D eigenvalue weighted by Crippen LogP contribution is 2.28. The molecule has 0 bridgehead atoms. The van der Waals surface area contributed by atoms with Gasteiger partial charge in [-0.05, 0) is 11.4 Å². The predicted molar refractivity (Wildman–Crippen MR) is 83.1 cm³/mol. The molecule has 0 radical (unpaired) electrons. The molecule has 2 aromatic heterocycles. The van der Waals surface area contributed by atoms with Gasteiger partial charge >= 0.3 is 5.97 Å². The van der Waals surface area contributed by atoms with Crippen LogP contribution in [0.1, 0.15) is 5.69 Å². The quantitative estimate of drug-likeness (QED) is 0.918. The number of carboxylic acids is 1. The highest BCUT2D eigenvalue weighted by molar-refractivity contribution is 7.20. The van der Waals surface area contributed by atoms with Crippen LogP contribution in [-0.4, -0.2) is 52.7 Å². The van der Waals surface area contributed by atoms with Gasteiger partial charge in [-0.15, -0.1) is 22.7 Å². The van der Waals surface area contributed by atoms with E-state index in [-0.39, 0.29) is 25.5 Å². The Morgan fingerprint density at radius 1 is 1.45 bits per heavy atom. The Labute approximate surface area is 135 Å². The maximum atomic E-state index is 12.3. The van der Waals surface area contributed by atoms with Crippen molar-refractivity contribution in [2.24, 2.45) is 0 Å². The summed E-state index contributed by atoms with van der Waals surface area (Å²) in [7, 11) is 0. The number of hydrogen-bond acceptors (Lipinski definition) is 6. The van der Waals surface area contributed by atoms with Crippen molar-refractivity contribution in [1.82, 2.24) is 9.88 Å². The zero-order valence-corrected chi connectivity index (χ0v) is 13.2. The number of rotatable bonds is 4. The molecule has 0 saturated carbocycles. The molecule has 22 heavy (non-hydrogen) atoms. The van der Waals surface area contributed by atoms with E-state index >= 15 is 0 Å². The molecule has 3 rings (SSSR count). The molecule has 6 nitrogen and oxygen atoms in total. The standard InChI is InChI=1S/C14H14N2O4S2/c17-12(16-3-4-20-10(7-16)14(18)19)6-9-8-22-13(15-9)11-2-1-5-21-11/h1-2,5,8,10H,3-4,6-7H2,(H,18,19). The van der Waals surface area contributed by atoms with E-state index in [0.717, 1.165) is 15.6 Å². The molecular weight excluding hydrogens is 324 g/mol. The van der Waals surface area contributed by atoms with E-state index < -0.39 is 12.1 Å². The summed E-state index contributed by atoms with van der Waals surface area (Å²) in [6, 6.07) is 3.96. The second-order valence-electron chi connectivity index (χ2n) is 4.84. The normalized spacial score (nSPS) is 18.4. The number of thiophene rings is 1. The number of ether oxygens (including phenoxy) is 1. The molecule has 1 atom stereocenters. The predicted octanol–water partition coefficient (Wildman–Crippen LogP) is 1.73. The van der Waals surface area contributed by atoms with Gasteiger partial charge < -0.3 is 14.7 Å². The largest absolute Gasteiger partial charge is 0.479 e. The van der Waals surface area contributed by atoms with Crippen molar-refractivity contribution in [2.45, 2.75) is 12.5 Å². The number of thiazole rings is 1. The van der Waals surface area contributed by atoms with E-state index in [1.54, 1.807) is 11.3 Å². The molecule has 1 aliphatic rings. The fraction of sp³-hybridized carbons (Fsp3) is 0.357. The van der Waals surface area contributed by atoms with Crippen LogP contribution in [0.2, 0.25) is 0 Å². The monoisotopic (exact) mass is 338 g/mol. The van der Waals surface area contributed by atoms with E-state index in [0.29, 0.717) is 6.54 Å². The molecular formula is C14H14N2O4S2. The van der Waals surface area contributed by atoms with E-state index in [4.69, 9.17) is 9.84 Å². The highest BCUT2D eigenvalue weighted by atomic mass is 32.1. The maximum Gasteiger partial charge on any atom is 0.334 e. The summed E-state index contributed by atoms with van der Waals surface area (Å²) in [5.41, 5.74) is 0.719. The molecule has 1 amide bonds. The van der Waals surface area contributed by atoms with Gasteiger partial charge in [0, 0.05) is 11.9 Å². The fourth-order valence-electron chi connectivity index (χ4n) is 2.19. The van der Waals surface area contributed by atoms with E-state index in [1.165, 1.54) is 16.2 Å². The summed E-state index contributed by atoms with van der Waals surface area (Å²) in [6.45, 7) is 0.765. The van der Waals surface area contributed by atoms with Crippen LogP contribution in [0.15, 0.2) is 22.9 Å². The van der Waals surface area contributed by atoms with Crippen LogP contribution in [0, 0.1) is 0 Å². The summed E-state index contributed by atoms with van der Waals surface area (Å²) in [4.78, 5) is 30.3. The van der Waals surface area contributed by atoms with Crippen molar-refractivity contribution in [3.05, 3.63) is 28.6 Å². The lowest BCUT2D eigenvalue weighted by molar-refractivity contribution is -0.159. The van der Waals surface area contributed by atoms with Crippen molar-refractivity contribution in [3.8, 4) is 9.88 Å². The summed E-state index contributed by atoms with van der Waals surface area (Å²) in [6.07, 6.45) is -0.747. The lowest BCUT2D eigenvalue weighted by Gasteiger charge is -2.30. The summed E-state index contributed by atoms with van der Waals surface area (Å²) >= 11 is 3.12. The number of morpholine rings is 1. The molecule has 3 heterocycles. The Morgan fingerprint density at radius 2 is 2.32 bits per heavy atom. The molecule has 0 spiro atoms. The van der Waals surface area contributed by atoms with Crippen LogP contribution in [-0.2, 0) is 20.7 Å². The second-order valence-corrected chi connectivity index (χ2v) is 6.64. The third-order valence-corrected chi connectivity index (χ3v) is 5.24. The molecule has 1 aliphatic heterocycles. The third kappa shape index (κ3) is 3.34. The number of aromatic nitrogens is 1. The molecule has 8 heteroatoms. The average Bonchev–Trinajstić information content (AvgIpc) is 3.18. The number of carbonyl (C=O) groups excluding carboxylic acids is 1. The fourth-order valence-corrected chi connectivity index (χ4v) is 3.83. The molecule has 2 aromatic rings. The minimum atomic E-state index is -1.04. The Hall–Kier alpha value is -1.77. The van der Waals surface area contributed by atoms with E-state index in [9.17, 15) is 9.59 Å². The minimum absolute atomic E-state index is 0.0933. The molecule has 0 aliphatic carbocycles. The van der Waals surface area contributed by atoms with Gasteiger partial charge in [-0.25, -0.2) is 9.78 Å².